The third-order valence-electron chi connectivity index (χ3n) is 3.39. The van der Waals surface area contributed by atoms with Crippen LogP contribution in [0.2, 0.25) is 0 Å². The minimum Gasteiger partial charge on any atom is -0.497 e. The first-order valence-corrected chi connectivity index (χ1v) is 7.35. The highest BCUT2D eigenvalue weighted by molar-refractivity contribution is 6.09. The second-order valence-electron chi connectivity index (χ2n) is 5.13. The highest BCUT2D eigenvalue weighted by Crippen LogP contribution is 2.17. The molecule has 124 valence electrons. The van der Waals surface area contributed by atoms with Gasteiger partial charge in [0.25, 0.3) is 0 Å². The van der Waals surface area contributed by atoms with Crippen molar-refractivity contribution in [1.29, 1.82) is 0 Å². The number of nitrogens with one attached hydrogen (secondary N) is 1. The Hall–Kier alpha value is -3.08. The number of allylic oxidation sites excluding steroid dienone is 1. The van der Waals surface area contributed by atoms with Crippen molar-refractivity contribution in [2.45, 2.75) is 6.92 Å². The maximum Gasteiger partial charge on any atom is 0.354 e. The lowest BCUT2D eigenvalue weighted by Crippen LogP contribution is -2.15. The van der Waals surface area contributed by atoms with Gasteiger partial charge in [0.05, 0.1) is 14.2 Å². The zero-order valence-corrected chi connectivity index (χ0v) is 13.8. The molecule has 0 saturated carbocycles. The molecule has 0 saturated heterocycles. The van der Waals surface area contributed by atoms with Crippen molar-refractivity contribution in [2.24, 2.45) is 0 Å². The summed E-state index contributed by atoms with van der Waals surface area (Å²) < 4.78 is 9.83. The summed E-state index contributed by atoms with van der Waals surface area (Å²) in [6.45, 7) is 1.94. The van der Waals surface area contributed by atoms with Gasteiger partial charge in [0.15, 0.2) is 5.78 Å². The molecule has 2 aromatic rings. The van der Waals surface area contributed by atoms with Gasteiger partial charge in [-0.3, -0.25) is 4.79 Å². The molecule has 0 spiro atoms. The van der Waals surface area contributed by atoms with E-state index >= 15 is 0 Å². The van der Waals surface area contributed by atoms with Crippen molar-refractivity contribution in [3.8, 4) is 5.75 Å². The standard InChI is InChI=1S/C19H19NO4/c1-13-4-6-14(7-5-13)18(21)12-17(19(22)24-3)20-15-8-10-16(23-2)11-9-15/h4-12,20H,1-3H3/b17-12+. The van der Waals surface area contributed by atoms with E-state index in [1.807, 2.05) is 19.1 Å². The summed E-state index contributed by atoms with van der Waals surface area (Å²) in [7, 11) is 2.84. The Labute approximate surface area is 140 Å². The van der Waals surface area contributed by atoms with Gasteiger partial charge in [-0.15, -0.1) is 0 Å². The number of ketones is 1. The number of rotatable bonds is 6. The summed E-state index contributed by atoms with van der Waals surface area (Å²) in [6.07, 6.45) is 1.24. The van der Waals surface area contributed by atoms with E-state index in [4.69, 9.17) is 9.47 Å². The molecular formula is C19H19NO4. The monoisotopic (exact) mass is 325 g/mol. The lowest BCUT2D eigenvalue weighted by Gasteiger charge is -2.10. The van der Waals surface area contributed by atoms with Crippen LogP contribution in [0.1, 0.15) is 15.9 Å². The van der Waals surface area contributed by atoms with Crippen molar-refractivity contribution in [1.82, 2.24) is 0 Å². The molecule has 0 aromatic heterocycles. The van der Waals surface area contributed by atoms with E-state index < -0.39 is 5.97 Å². The normalized spacial score (nSPS) is 10.9. The Morgan fingerprint density at radius 2 is 1.58 bits per heavy atom. The van der Waals surface area contributed by atoms with E-state index in [-0.39, 0.29) is 11.5 Å². The molecule has 5 heteroatoms. The molecule has 0 bridgehead atoms. The number of esters is 1. The SMILES string of the molecule is COC(=O)/C(=C\C(=O)c1ccc(C)cc1)Nc1ccc(OC)cc1. The highest BCUT2D eigenvalue weighted by atomic mass is 16.5. The first-order valence-electron chi connectivity index (χ1n) is 7.35. The number of ether oxygens (including phenoxy) is 2. The van der Waals surface area contributed by atoms with Crippen molar-refractivity contribution in [2.75, 3.05) is 19.5 Å². The van der Waals surface area contributed by atoms with Crippen LogP contribution in [0.4, 0.5) is 5.69 Å². The zero-order chi connectivity index (χ0) is 17.5. The summed E-state index contributed by atoms with van der Waals surface area (Å²) in [6, 6.07) is 14.1. The predicted octanol–water partition coefficient (Wildman–Crippen LogP) is 3.36. The van der Waals surface area contributed by atoms with Crippen LogP contribution >= 0.6 is 0 Å². The van der Waals surface area contributed by atoms with Crippen molar-refractivity contribution >= 4 is 17.4 Å². The van der Waals surface area contributed by atoms with Gasteiger partial charge in [-0.05, 0) is 31.2 Å². The fourth-order valence-corrected chi connectivity index (χ4v) is 2.02. The lowest BCUT2D eigenvalue weighted by atomic mass is 10.1. The second kappa shape index (κ2) is 7.97. The molecule has 24 heavy (non-hydrogen) atoms. The van der Waals surface area contributed by atoms with Gasteiger partial charge in [0.1, 0.15) is 11.4 Å². The van der Waals surface area contributed by atoms with Gasteiger partial charge >= 0.3 is 5.97 Å². The molecule has 5 nitrogen and oxygen atoms in total. The molecule has 0 amide bonds. The van der Waals surface area contributed by atoms with Crippen LogP contribution in [-0.2, 0) is 9.53 Å². The molecule has 2 aromatic carbocycles. The van der Waals surface area contributed by atoms with Crippen LogP contribution in [0.3, 0.4) is 0 Å². The van der Waals surface area contributed by atoms with Gasteiger partial charge in [-0.1, -0.05) is 29.8 Å². The quantitative estimate of drug-likeness (QED) is 0.501. The van der Waals surface area contributed by atoms with E-state index in [2.05, 4.69) is 5.32 Å². The molecule has 0 aliphatic heterocycles. The molecule has 0 fully saturated rings. The van der Waals surface area contributed by atoms with E-state index in [1.54, 1.807) is 43.5 Å². The third kappa shape index (κ3) is 4.46. The van der Waals surface area contributed by atoms with Gasteiger partial charge in [-0.25, -0.2) is 4.79 Å². The predicted molar refractivity (Wildman–Crippen MR) is 92.2 cm³/mol. The topological polar surface area (TPSA) is 64.6 Å². The number of carbonyl (C=O) groups is 2. The van der Waals surface area contributed by atoms with Gasteiger partial charge in [0.2, 0.25) is 0 Å². The van der Waals surface area contributed by atoms with Crippen LogP contribution < -0.4 is 10.1 Å². The summed E-state index contributed by atoms with van der Waals surface area (Å²) in [5.41, 5.74) is 2.26. The van der Waals surface area contributed by atoms with E-state index in [9.17, 15) is 9.59 Å². The number of methoxy groups -OCH3 is 2. The molecule has 2 rings (SSSR count). The minimum atomic E-state index is -0.619. The maximum atomic E-state index is 12.3. The van der Waals surface area contributed by atoms with Crippen molar-refractivity contribution in [3.63, 3.8) is 0 Å². The molecule has 0 aliphatic rings. The first kappa shape index (κ1) is 17.3. The lowest BCUT2D eigenvalue weighted by molar-refractivity contribution is -0.135. The second-order valence-corrected chi connectivity index (χ2v) is 5.13. The molecule has 0 atom stereocenters. The Balaban J connectivity index is 2.24. The molecule has 0 unspecified atom stereocenters. The van der Waals surface area contributed by atoms with Gasteiger partial charge in [0, 0.05) is 17.3 Å². The number of aryl methyl sites for hydroxylation is 1. The Morgan fingerprint density at radius 1 is 0.958 bits per heavy atom. The third-order valence-corrected chi connectivity index (χ3v) is 3.39. The van der Waals surface area contributed by atoms with Crippen molar-refractivity contribution in [3.05, 3.63) is 71.4 Å². The first-order chi connectivity index (χ1) is 11.5. The van der Waals surface area contributed by atoms with Crippen LogP contribution in [0.5, 0.6) is 5.75 Å². The van der Waals surface area contributed by atoms with E-state index in [0.29, 0.717) is 17.0 Å². The number of anilines is 1. The Kier molecular flexibility index (Phi) is 5.73. The summed E-state index contributed by atoms with van der Waals surface area (Å²) in [4.78, 5) is 24.3. The highest BCUT2D eigenvalue weighted by Gasteiger charge is 2.13. The fourth-order valence-electron chi connectivity index (χ4n) is 2.02. The average Bonchev–Trinajstić information content (AvgIpc) is 2.61. The minimum absolute atomic E-state index is 0.0632. The Morgan fingerprint density at radius 3 is 2.12 bits per heavy atom. The van der Waals surface area contributed by atoms with Crippen LogP contribution in [-0.4, -0.2) is 26.0 Å². The molecular weight excluding hydrogens is 306 g/mol. The average molecular weight is 325 g/mol. The molecule has 0 radical (unpaired) electrons. The Bertz CT molecular complexity index is 746. The number of hydrogen-bond donors (Lipinski definition) is 1. The van der Waals surface area contributed by atoms with E-state index in [1.165, 1.54) is 13.2 Å². The zero-order valence-electron chi connectivity index (χ0n) is 13.8. The van der Waals surface area contributed by atoms with Crippen molar-refractivity contribution < 1.29 is 19.1 Å². The fraction of sp³-hybridized carbons (Fsp3) is 0.158. The summed E-state index contributed by atoms with van der Waals surface area (Å²) in [5.74, 6) is -0.206. The number of carbonyl (C=O) groups excluding carboxylic acids is 2. The maximum absolute atomic E-state index is 12.3. The van der Waals surface area contributed by atoms with E-state index in [0.717, 1.165) is 5.56 Å². The molecule has 0 aliphatic carbocycles. The molecule has 0 heterocycles. The smallest absolute Gasteiger partial charge is 0.354 e. The molecule has 1 N–H and O–H groups in total. The number of hydrogen-bond acceptors (Lipinski definition) is 5. The van der Waals surface area contributed by atoms with Crippen LogP contribution in [0.15, 0.2) is 60.3 Å². The summed E-state index contributed by atoms with van der Waals surface area (Å²) >= 11 is 0. The number of benzene rings is 2. The van der Waals surface area contributed by atoms with Crippen LogP contribution in [0, 0.1) is 6.92 Å². The van der Waals surface area contributed by atoms with Gasteiger partial charge < -0.3 is 14.8 Å². The summed E-state index contributed by atoms with van der Waals surface area (Å²) in [5, 5.41) is 2.90. The van der Waals surface area contributed by atoms with Gasteiger partial charge in [-0.2, -0.15) is 0 Å². The largest absolute Gasteiger partial charge is 0.497 e. The van der Waals surface area contributed by atoms with Crippen LogP contribution in [0.25, 0.3) is 0 Å².